The molecule has 0 bridgehead atoms. The molecule has 3 rings (SSSR count). The summed E-state index contributed by atoms with van der Waals surface area (Å²) in [5.74, 6) is -0.594. The number of nitrogens with one attached hydrogen (secondary N) is 2. The lowest BCUT2D eigenvalue weighted by molar-refractivity contribution is -0.144. The van der Waals surface area contributed by atoms with E-state index in [0.29, 0.717) is 43.8 Å². The standard InChI is InChI=1S/C28H35N3O6/c1-3-37-26(33)14-13-25(32)30-24(19-20-7-5-4-6-8-20)28(35)31-17-15-21(16-18-31)27(34)29-22-9-11-23(36-2)12-10-22/h4-12,21,24H,3,13-19H2,1-2H3,(H,29,34)(H,30,32)/t24-/m1/s1. The summed E-state index contributed by atoms with van der Waals surface area (Å²) < 4.78 is 10.0. The molecule has 0 spiro atoms. The molecule has 9 nitrogen and oxygen atoms in total. The zero-order valence-corrected chi connectivity index (χ0v) is 21.4. The molecular weight excluding hydrogens is 474 g/mol. The second-order valence-electron chi connectivity index (χ2n) is 8.93. The van der Waals surface area contributed by atoms with Gasteiger partial charge in [-0.2, -0.15) is 0 Å². The van der Waals surface area contributed by atoms with Crippen LogP contribution in [0.5, 0.6) is 5.75 Å². The molecule has 0 unspecified atom stereocenters. The van der Waals surface area contributed by atoms with Crippen LogP contribution in [0, 0.1) is 5.92 Å². The lowest BCUT2D eigenvalue weighted by atomic mass is 9.94. The zero-order chi connectivity index (χ0) is 26.6. The van der Waals surface area contributed by atoms with Crippen LogP contribution < -0.4 is 15.4 Å². The Morgan fingerprint density at radius 1 is 0.973 bits per heavy atom. The normalized spacial score (nSPS) is 14.4. The van der Waals surface area contributed by atoms with Crippen LogP contribution in [-0.2, 0) is 30.3 Å². The van der Waals surface area contributed by atoms with Crippen LogP contribution >= 0.6 is 0 Å². The van der Waals surface area contributed by atoms with E-state index in [-0.39, 0.29) is 43.1 Å². The van der Waals surface area contributed by atoms with Gasteiger partial charge in [0.25, 0.3) is 0 Å². The molecule has 0 aliphatic carbocycles. The maximum Gasteiger partial charge on any atom is 0.306 e. The minimum absolute atomic E-state index is 0.0410. The van der Waals surface area contributed by atoms with Crippen molar-refractivity contribution < 1.29 is 28.7 Å². The predicted molar refractivity (Wildman–Crippen MR) is 139 cm³/mol. The summed E-state index contributed by atoms with van der Waals surface area (Å²) >= 11 is 0. The number of likely N-dealkylation sites (tertiary alicyclic amines) is 1. The van der Waals surface area contributed by atoms with Crippen LogP contribution in [0.25, 0.3) is 0 Å². The van der Waals surface area contributed by atoms with Crippen LogP contribution in [0.15, 0.2) is 54.6 Å². The second kappa shape index (κ2) is 14.0. The summed E-state index contributed by atoms with van der Waals surface area (Å²) in [5, 5.41) is 5.74. The lowest BCUT2D eigenvalue weighted by Crippen LogP contribution is -2.52. The van der Waals surface area contributed by atoms with E-state index in [1.807, 2.05) is 30.3 Å². The van der Waals surface area contributed by atoms with Crippen molar-refractivity contribution in [3.63, 3.8) is 0 Å². The quantitative estimate of drug-likeness (QED) is 0.450. The fraction of sp³-hybridized carbons (Fsp3) is 0.429. The number of anilines is 1. The molecule has 1 aliphatic rings. The molecule has 2 aromatic rings. The van der Waals surface area contributed by atoms with Gasteiger partial charge in [0.05, 0.1) is 20.1 Å². The van der Waals surface area contributed by atoms with Crippen LogP contribution in [0.2, 0.25) is 0 Å². The van der Waals surface area contributed by atoms with Crippen molar-refractivity contribution in [3.05, 3.63) is 60.2 Å². The number of ether oxygens (including phenoxy) is 2. The Balaban J connectivity index is 1.57. The molecule has 2 aromatic carbocycles. The number of piperidine rings is 1. The van der Waals surface area contributed by atoms with Gasteiger partial charge in [-0.25, -0.2) is 0 Å². The largest absolute Gasteiger partial charge is 0.497 e. The molecule has 9 heteroatoms. The first-order chi connectivity index (χ1) is 17.9. The number of methoxy groups -OCH3 is 1. The molecule has 37 heavy (non-hydrogen) atoms. The van der Waals surface area contributed by atoms with Crippen molar-refractivity contribution in [3.8, 4) is 5.75 Å². The topological polar surface area (TPSA) is 114 Å². The Morgan fingerprint density at radius 2 is 1.65 bits per heavy atom. The molecule has 3 amide bonds. The number of esters is 1. The number of benzene rings is 2. The first-order valence-corrected chi connectivity index (χ1v) is 12.6. The average Bonchev–Trinajstić information content (AvgIpc) is 2.92. The summed E-state index contributed by atoms with van der Waals surface area (Å²) in [4.78, 5) is 52.0. The number of rotatable bonds is 11. The molecule has 2 N–H and O–H groups in total. The third-order valence-electron chi connectivity index (χ3n) is 6.31. The third-order valence-corrected chi connectivity index (χ3v) is 6.31. The Morgan fingerprint density at radius 3 is 2.27 bits per heavy atom. The third kappa shape index (κ3) is 8.63. The minimum atomic E-state index is -0.762. The predicted octanol–water partition coefficient (Wildman–Crippen LogP) is 2.94. The average molecular weight is 510 g/mol. The highest BCUT2D eigenvalue weighted by Crippen LogP contribution is 2.22. The highest BCUT2D eigenvalue weighted by Gasteiger charge is 2.32. The van der Waals surface area contributed by atoms with Crippen molar-refractivity contribution in [2.45, 2.75) is 45.1 Å². The molecule has 1 aliphatic heterocycles. The Bertz CT molecular complexity index is 1050. The number of carbonyl (C=O) groups is 4. The summed E-state index contributed by atoms with van der Waals surface area (Å²) in [6.45, 7) is 2.80. The van der Waals surface area contributed by atoms with Gasteiger partial charge in [0, 0.05) is 37.5 Å². The molecule has 0 saturated carbocycles. The van der Waals surface area contributed by atoms with Gasteiger partial charge < -0.3 is 25.0 Å². The van der Waals surface area contributed by atoms with Crippen molar-refractivity contribution in [1.82, 2.24) is 10.2 Å². The summed E-state index contributed by atoms with van der Waals surface area (Å²) in [6, 6.07) is 15.8. The SMILES string of the molecule is CCOC(=O)CCC(=O)N[C@H](Cc1ccccc1)C(=O)N1CCC(C(=O)Nc2ccc(OC)cc2)CC1. The molecule has 0 radical (unpaired) electrons. The fourth-order valence-electron chi connectivity index (χ4n) is 4.27. The van der Waals surface area contributed by atoms with Crippen LogP contribution in [0.1, 0.15) is 38.2 Å². The molecule has 198 valence electrons. The number of hydrogen-bond donors (Lipinski definition) is 2. The molecule has 1 atom stereocenters. The van der Waals surface area contributed by atoms with Crippen LogP contribution in [-0.4, -0.2) is 61.4 Å². The highest BCUT2D eigenvalue weighted by molar-refractivity contribution is 5.93. The molecule has 1 fully saturated rings. The van der Waals surface area contributed by atoms with E-state index in [0.717, 1.165) is 5.56 Å². The number of carbonyl (C=O) groups excluding carboxylic acids is 4. The van der Waals surface area contributed by atoms with E-state index in [1.54, 1.807) is 43.2 Å². The Kier molecular flexibility index (Phi) is 10.5. The van der Waals surface area contributed by atoms with Gasteiger partial charge >= 0.3 is 5.97 Å². The summed E-state index contributed by atoms with van der Waals surface area (Å²) in [5.41, 5.74) is 1.61. The molecule has 1 heterocycles. The Labute approximate surface area is 217 Å². The van der Waals surface area contributed by atoms with Crippen molar-refractivity contribution in [2.24, 2.45) is 5.92 Å². The number of amides is 3. The first-order valence-electron chi connectivity index (χ1n) is 12.6. The van der Waals surface area contributed by atoms with E-state index >= 15 is 0 Å². The van der Waals surface area contributed by atoms with E-state index in [1.165, 1.54) is 0 Å². The second-order valence-corrected chi connectivity index (χ2v) is 8.93. The summed E-state index contributed by atoms with van der Waals surface area (Å²) in [6.07, 6.45) is 1.31. The minimum Gasteiger partial charge on any atom is -0.497 e. The van der Waals surface area contributed by atoms with Crippen molar-refractivity contribution >= 4 is 29.4 Å². The van der Waals surface area contributed by atoms with E-state index in [9.17, 15) is 19.2 Å². The lowest BCUT2D eigenvalue weighted by Gasteiger charge is -2.34. The van der Waals surface area contributed by atoms with E-state index in [4.69, 9.17) is 9.47 Å². The van der Waals surface area contributed by atoms with E-state index in [2.05, 4.69) is 10.6 Å². The van der Waals surface area contributed by atoms with Crippen molar-refractivity contribution in [2.75, 3.05) is 32.1 Å². The highest BCUT2D eigenvalue weighted by atomic mass is 16.5. The maximum atomic E-state index is 13.4. The van der Waals surface area contributed by atoms with Gasteiger partial charge in [-0.1, -0.05) is 30.3 Å². The first kappa shape index (κ1) is 27.7. The van der Waals surface area contributed by atoms with Gasteiger partial charge in [0.15, 0.2) is 0 Å². The number of nitrogens with zero attached hydrogens (tertiary/aromatic N) is 1. The van der Waals surface area contributed by atoms with Gasteiger partial charge in [-0.15, -0.1) is 0 Å². The Hall–Kier alpha value is -3.88. The van der Waals surface area contributed by atoms with Gasteiger partial charge in [0.1, 0.15) is 11.8 Å². The van der Waals surface area contributed by atoms with Gasteiger partial charge in [-0.05, 0) is 49.6 Å². The van der Waals surface area contributed by atoms with Gasteiger partial charge in [-0.3, -0.25) is 19.2 Å². The van der Waals surface area contributed by atoms with Gasteiger partial charge in [0.2, 0.25) is 17.7 Å². The van der Waals surface area contributed by atoms with Crippen LogP contribution in [0.4, 0.5) is 5.69 Å². The molecular formula is C28H35N3O6. The smallest absolute Gasteiger partial charge is 0.306 e. The maximum absolute atomic E-state index is 13.4. The molecule has 0 aromatic heterocycles. The summed E-state index contributed by atoms with van der Waals surface area (Å²) in [7, 11) is 1.59. The molecule has 1 saturated heterocycles. The van der Waals surface area contributed by atoms with Crippen LogP contribution in [0.3, 0.4) is 0 Å². The van der Waals surface area contributed by atoms with Crippen molar-refractivity contribution in [1.29, 1.82) is 0 Å². The number of hydrogen-bond acceptors (Lipinski definition) is 6. The zero-order valence-electron chi connectivity index (χ0n) is 21.4. The van der Waals surface area contributed by atoms with E-state index < -0.39 is 12.0 Å². The fourth-order valence-corrected chi connectivity index (χ4v) is 4.27. The monoisotopic (exact) mass is 509 g/mol.